The van der Waals surface area contributed by atoms with E-state index in [1.54, 1.807) is 18.9 Å². The summed E-state index contributed by atoms with van der Waals surface area (Å²) in [7, 11) is 1.69. The second-order valence-electron chi connectivity index (χ2n) is 5.72. The molecular weight excluding hydrogens is 353 g/mol. The predicted octanol–water partition coefficient (Wildman–Crippen LogP) is 3.77. The lowest BCUT2D eigenvalue weighted by Crippen LogP contribution is -2.28. The Labute approximate surface area is 149 Å². The third kappa shape index (κ3) is 3.03. The van der Waals surface area contributed by atoms with Crippen LogP contribution < -0.4 is 4.74 Å². The van der Waals surface area contributed by atoms with Crippen molar-refractivity contribution in [3.05, 3.63) is 33.4 Å². The summed E-state index contributed by atoms with van der Waals surface area (Å²) >= 11 is 11.9. The van der Waals surface area contributed by atoms with Crippen molar-refractivity contribution in [2.45, 2.75) is 19.8 Å². The van der Waals surface area contributed by atoms with Crippen LogP contribution in [0.1, 0.15) is 28.9 Å². The van der Waals surface area contributed by atoms with Gasteiger partial charge in [0, 0.05) is 26.2 Å². The van der Waals surface area contributed by atoms with Gasteiger partial charge in [0.25, 0.3) is 5.91 Å². The van der Waals surface area contributed by atoms with Gasteiger partial charge in [-0.3, -0.25) is 4.79 Å². The van der Waals surface area contributed by atoms with E-state index in [9.17, 15) is 9.90 Å². The van der Waals surface area contributed by atoms with Crippen molar-refractivity contribution in [3.8, 4) is 17.4 Å². The van der Waals surface area contributed by atoms with Crippen molar-refractivity contribution in [2.75, 3.05) is 13.1 Å². The number of likely N-dealkylation sites (tertiary alicyclic amines) is 1. The summed E-state index contributed by atoms with van der Waals surface area (Å²) in [6, 6.07) is 2.70. The molecule has 128 valence electrons. The molecule has 1 fully saturated rings. The van der Waals surface area contributed by atoms with Crippen LogP contribution in [-0.2, 0) is 7.05 Å². The smallest absolute Gasteiger partial charge is 0.261 e. The number of nitrogens with zero attached hydrogens (tertiary/aromatic N) is 3. The molecule has 1 amide bonds. The Morgan fingerprint density at radius 2 is 1.92 bits per heavy atom. The molecule has 0 saturated carbocycles. The maximum Gasteiger partial charge on any atom is 0.261 e. The molecule has 8 heteroatoms. The molecule has 0 radical (unpaired) electrons. The number of hydrogen-bond acceptors (Lipinski definition) is 4. The molecular formula is C16H17Cl2N3O3. The molecule has 1 aromatic carbocycles. The topological polar surface area (TPSA) is 67.6 Å². The van der Waals surface area contributed by atoms with Crippen LogP contribution in [0.25, 0.3) is 0 Å². The minimum absolute atomic E-state index is 0.109. The molecule has 1 saturated heterocycles. The SMILES string of the molecule is Cc1nn(C)c(Oc2cc(O)c(Cl)cc2Cl)c1C(=O)N1CCCC1. The van der Waals surface area contributed by atoms with Gasteiger partial charge in [-0.25, -0.2) is 4.68 Å². The zero-order valence-electron chi connectivity index (χ0n) is 13.3. The minimum Gasteiger partial charge on any atom is -0.506 e. The molecule has 0 aliphatic carbocycles. The molecule has 0 atom stereocenters. The van der Waals surface area contributed by atoms with Crippen molar-refractivity contribution < 1.29 is 14.6 Å². The van der Waals surface area contributed by atoms with Crippen LogP contribution in [0.4, 0.5) is 0 Å². The highest BCUT2D eigenvalue weighted by atomic mass is 35.5. The fourth-order valence-electron chi connectivity index (χ4n) is 2.78. The number of rotatable bonds is 3. The highest BCUT2D eigenvalue weighted by Gasteiger charge is 2.28. The van der Waals surface area contributed by atoms with Crippen molar-refractivity contribution in [3.63, 3.8) is 0 Å². The average molecular weight is 370 g/mol. The number of carbonyl (C=O) groups is 1. The minimum atomic E-state index is -0.151. The molecule has 0 unspecified atom stereocenters. The van der Waals surface area contributed by atoms with Crippen molar-refractivity contribution >= 4 is 29.1 Å². The van der Waals surface area contributed by atoms with Crippen LogP contribution in [0.5, 0.6) is 17.4 Å². The van der Waals surface area contributed by atoms with E-state index in [2.05, 4.69) is 5.10 Å². The molecule has 24 heavy (non-hydrogen) atoms. The summed E-state index contributed by atoms with van der Waals surface area (Å²) in [4.78, 5) is 14.6. The van der Waals surface area contributed by atoms with Gasteiger partial charge in [0.2, 0.25) is 5.88 Å². The third-order valence-corrected chi connectivity index (χ3v) is 4.58. The van der Waals surface area contributed by atoms with E-state index in [0.717, 1.165) is 25.9 Å². The van der Waals surface area contributed by atoms with Crippen LogP contribution >= 0.6 is 23.2 Å². The largest absolute Gasteiger partial charge is 0.506 e. The standard InChI is InChI=1S/C16H17Cl2N3O3/c1-9-14(15(23)21-5-3-4-6-21)16(20(2)19-9)24-13-8-12(22)10(17)7-11(13)18/h7-8,22H,3-6H2,1-2H3. The molecule has 1 aliphatic rings. The van der Waals surface area contributed by atoms with E-state index >= 15 is 0 Å². The normalized spacial score (nSPS) is 14.2. The van der Waals surface area contributed by atoms with E-state index in [1.165, 1.54) is 16.8 Å². The number of aromatic nitrogens is 2. The molecule has 0 spiro atoms. The van der Waals surface area contributed by atoms with Gasteiger partial charge in [0.15, 0.2) is 5.75 Å². The summed E-state index contributed by atoms with van der Waals surface area (Å²) in [6.07, 6.45) is 2.00. The van der Waals surface area contributed by atoms with Crippen LogP contribution in [0.2, 0.25) is 10.0 Å². The first-order valence-electron chi connectivity index (χ1n) is 7.57. The number of ether oxygens (including phenoxy) is 1. The zero-order chi connectivity index (χ0) is 17.4. The maximum atomic E-state index is 12.8. The second-order valence-corrected chi connectivity index (χ2v) is 6.54. The monoisotopic (exact) mass is 369 g/mol. The first-order valence-corrected chi connectivity index (χ1v) is 8.33. The quantitative estimate of drug-likeness (QED) is 0.893. The first-order chi connectivity index (χ1) is 11.4. The zero-order valence-corrected chi connectivity index (χ0v) is 14.9. The fourth-order valence-corrected chi connectivity index (χ4v) is 3.20. The van der Waals surface area contributed by atoms with Gasteiger partial charge in [-0.1, -0.05) is 23.2 Å². The number of phenolic OH excluding ortho intramolecular Hbond substituents is 1. The van der Waals surface area contributed by atoms with Crippen LogP contribution in [-0.4, -0.2) is 38.8 Å². The molecule has 1 aliphatic heterocycles. The highest BCUT2D eigenvalue weighted by Crippen LogP contribution is 2.38. The van der Waals surface area contributed by atoms with Gasteiger partial charge in [-0.05, 0) is 25.8 Å². The predicted molar refractivity (Wildman–Crippen MR) is 91.3 cm³/mol. The second kappa shape index (κ2) is 6.53. The molecule has 6 nitrogen and oxygen atoms in total. The van der Waals surface area contributed by atoms with Gasteiger partial charge < -0.3 is 14.7 Å². The number of phenols is 1. The van der Waals surface area contributed by atoms with E-state index in [-0.39, 0.29) is 33.3 Å². The molecule has 1 aromatic heterocycles. The summed E-state index contributed by atoms with van der Waals surface area (Å²) < 4.78 is 7.30. The average Bonchev–Trinajstić information content (AvgIpc) is 3.13. The van der Waals surface area contributed by atoms with Gasteiger partial charge in [0.05, 0.1) is 15.7 Å². The summed E-state index contributed by atoms with van der Waals surface area (Å²) in [5.74, 6) is 0.231. The van der Waals surface area contributed by atoms with Gasteiger partial charge in [0.1, 0.15) is 11.3 Å². The lowest BCUT2D eigenvalue weighted by atomic mass is 10.2. The summed E-state index contributed by atoms with van der Waals surface area (Å²) in [5.41, 5.74) is 0.989. The van der Waals surface area contributed by atoms with Crippen molar-refractivity contribution in [1.82, 2.24) is 14.7 Å². The Hall–Kier alpha value is -1.92. The number of hydrogen-bond donors (Lipinski definition) is 1. The van der Waals surface area contributed by atoms with Crippen molar-refractivity contribution in [2.24, 2.45) is 7.05 Å². The molecule has 3 rings (SSSR count). The fraction of sp³-hybridized carbons (Fsp3) is 0.375. The summed E-state index contributed by atoms with van der Waals surface area (Å²) in [5, 5.41) is 14.4. The van der Waals surface area contributed by atoms with E-state index in [0.29, 0.717) is 11.3 Å². The van der Waals surface area contributed by atoms with E-state index in [1.807, 2.05) is 0 Å². The molecule has 2 aromatic rings. The number of halogens is 2. The Balaban J connectivity index is 1.99. The molecule has 1 N–H and O–H groups in total. The number of aromatic hydroxyl groups is 1. The number of carbonyl (C=O) groups excluding carboxylic acids is 1. The number of aryl methyl sites for hydroxylation is 2. The van der Waals surface area contributed by atoms with Crippen LogP contribution in [0, 0.1) is 6.92 Å². The Kier molecular flexibility index (Phi) is 4.60. The van der Waals surface area contributed by atoms with Crippen LogP contribution in [0.15, 0.2) is 12.1 Å². The lowest BCUT2D eigenvalue weighted by Gasteiger charge is -2.16. The lowest BCUT2D eigenvalue weighted by molar-refractivity contribution is 0.0789. The molecule has 0 bridgehead atoms. The third-order valence-electron chi connectivity index (χ3n) is 3.98. The van der Waals surface area contributed by atoms with Crippen molar-refractivity contribution in [1.29, 1.82) is 0 Å². The number of amides is 1. The van der Waals surface area contributed by atoms with Gasteiger partial charge in [-0.2, -0.15) is 5.10 Å². The summed E-state index contributed by atoms with van der Waals surface area (Å²) in [6.45, 7) is 3.22. The number of benzene rings is 1. The first kappa shape index (κ1) is 16.9. The van der Waals surface area contributed by atoms with E-state index < -0.39 is 0 Å². The maximum absolute atomic E-state index is 12.8. The van der Waals surface area contributed by atoms with Gasteiger partial charge >= 0.3 is 0 Å². The van der Waals surface area contributed by atoms with Gasteiger partial charge in [-0.15, -0.1) is 0 Å². The van der Waals surface area contributed by atoms with Crippen LogP contribution in [0.3, 0.4) is 0 Å². The Morgan fingerprint density at radius 1 is 1.25 bits per heavy atom. The molecule has 2 heterocycles. The Bertz CT molecular complexity index is 798. The van der Waals surface area contributed by atoms with E-state index in [4.69, 9.17) is 27.9 Å². The highest BCUT2D eigenvalue weighted by molar-refractivity contribution is 6.36. The Morgan fingerprint density at radius 3 is 2.58 bits per heavy atom.